The maximum atomic E-state index is 11.1. The smallest absolute Gasteiger partial charge is 0.321 e. The highest BCUT2D eigenvalue weighted by molar-refractivity contribution is 5.99. The Morgan fingerprint density at radius 1 is 1.00 bits per heavy atom. The summed E-state index contributed by atoms with van der Waals surface area (Å²) in [5.41, 5.74) is -0.296. The molecule has 2 N–H and O–H groups in total. The predicted octanol–water partition coefficient (Wildman–Crippen LogP) is 2.50. The molecule has 0 saturated heterocycles. The Bertz CT molecular complexity index is 504. The molecule has 0 atom stereocenters. The lowest BCUT2D eigenvalue weighted by molar-refractivity contribution is -0.193. The van der Waals surface area contributed by atoms with Gasteiger partial charge in [0.05, 0.1) is 0 Å². The Morgan fingerprint density at radius 3 is 2.00 bits per heavy atom. The minimum Gasteiger partial charge on any atom is -0.480 e. The fraction of sp³-hybridized carbons (Fsp3) is 0.467. The van der Waals surface area contributed by atoms with Crippen LogP contribution in [0, 0.1) is 10.8 Å². The number of hydrogen-bond donors (Lipinski definition) is 2. The molecule has 0 aliphatic heterocycles. The van der Waals surface area contributed by atoms with Gasteiger partial charge in [-0.05, 0) is 42.6 Å². The second kappa shape index (κ2) is 3.83. The largest absolute Gasteiger partial charge is 0.480 e. The summed E-state index contributed by atoms with van der Waals surface area (Å²) >= 11 is 0. The van der Waals surface area contributed by atoms with Gasteiger partial charge in [-0.25, -0.2) is 0 Å². The summed E-state index contributed by atoms with van der Waals surface area (Å²) in [6.45, 7) is 0. The Hall–Kier alpha value is -1.84. The van der Waals surface area contributed by atoms with Crippen molar-refractivity contribution in [3.8, 4) is 0 Å². The maximum Gasteiger partial charge on any atom is 0.321 e. The second-order valence-electron chi connectivity index (χ2n) is 6.06. The molecule has 19 heavy (non-hydrogen) atoms. The van der Waals surface area contributed by atoms with Crippen molar-refractivity contribution in [3.63, 3.8) is 0 Å². The van der Waals surface area contributed by atoms with Gasteiger partial charge in [0, 0.05) is 0 Å². The summed E-state index contributed by atoms with van der Waals surface area (Å²) in [5, 5.41) is 18.2. The summed E-state index contributed by atoms with van der Waals surface area (Å²) in [7, 11) is 0. The maximum absolute atomic E-state index is 11.1. The molecular weight excluding hydrogens is 244 g/mol. The van der Waals surface area contributed by atoms with Gasteiger partial charge in [0.1, 0.15) is 0 Å². The van der Waals surface area contributed by atoms with Crippen LogP contribution in [0.4, 0.5) is 0 Å². The first-order valence-corrected chi connectivity index (χ1v) is 6.49. The summed E-state index contributed by atoms with van der Waals surface area (Å²) in [5.74, 6) is -1.91. The van der Waals surface area contributed by atoms with Crippen molar-refractivity contribution in [1.29, 1.82) is 0 Å². The Morgan fingerprint density at radius 2 is 1.53 bits per heavy atom. The van der Waals surface area contributed by atoms with E-state index >= 15 is 0 Å². The molecule has 0 radical (unpaired) electrons. The van der Waals surface area contributed by atoms with Crippen LogP contribution in [0.1, 0.15) is 37.2 Å². The predicted molar refractivity (Wildman–Crippen MR) is 67.8 cm³/mol. The van der Waals surface area contributed by atoms with Crippen LogP contribution in [0.2, 0.25) is 0 Å². The minimum absolute atomic E-state index is 0.0444. The Kier molecular flexibility index (Phi) is 2.46. The lowest BCUT2D eigenvalue weighted by Crippen LogP contribution is -2.59. The summed E-state index contributed by atoms with van der Waals surface area (Å²) in [6.07, 6.45) is 2.40. The number of hydrogen-bond acceptors (Lipinski definition) is 2. The van der Waals surface area contributed by atoms with Gasteiger partial charge in [-0.2, -0.15) is 0 Å². The molecule has 2 saturated carbocycles. The number of carboxylic acids is 2. The van der Waals surface area contributed by atoms with Gasteiger partial charge in [-0.15, -0.1) is 0 Å². The summed E-state index contributed by atoms with van der Waals surface area (Å²) in [4.78, 5) is 22.3. The zero-order chi connectivity index (χ0) is 13.7. The highest BCUT2D eigenvalue weighted by Crippen LogP contribution is 2.68. The molecule has 0 bridgehead atoms. The molecule has 0 amide bonds. The van der Waals surface area contributed by atoms with E-state index in [1.165, 1.54) is 5.56 Å². The molecule has 0 heterocycles. The first-order valence-electron chi connectivity index (χ1n) is 6.49. The molecule has 4 heteroatoms. The Balaban J connectivity index is 1.67. The van der Waals surface area contributed by atoms with Crippen molar-refractivity contribution < 1.29 is 19.8 Å². The molecule has 100 valence electrons. The van der Waals surface area contributed by atoms with Crippen molar-refractivity contribution in [1.82, 2.24) is 0 Å². The fourth-order valence-corrected chi connectivity index (χ4v) is 3.86. The standard InChI is InChI=1S/C15H16O4/c16-12(17)15(13(18)19)8-14(9-15)6-11(7-14)10-4-2-1-3-5-10/h1-5,11H,6-9H2,(H,16,17)(H,18,19). The summed E-state index contributed by atoms with van der Waals surface area (Å²) < 4.78 is 0. The van der Waals surface area contributed by atoms with Crippen LogP contribution in [-0.2, 0) is 9.59 Å². The monoisotopic (exact) mass is 260 g/mol. The average molecular weight is 260 g/mol. The third kappa shape index (κ3) is 1.66. The van der Waals surface area contributed by atoms with E-state index in [1.54, 1.807) is 0 Å². The lowest BCUT2D eigenvalue weighted by Gasteiger charge is -2.60. The van der Waals surface area contributed by atoms with Gasteiger partial charge in [0.25, 0.3) is 0 Å². The molecule has 3 rings (SSSR count). The zero-order valence-corrected chi connectivity index (χ0v) is 10.5. The van der Waals surface area contributed by atoms with Crippen LogP contribution in [0.3, 0.4) is 0 Å². The van der Waals surface area contributed by atoms with Crippen molar-refractivity contribution in [2.24, 2.45) is 10.8 Å². The van der Waals surface area contributed by atoms with E-state index in [1.807, 2.05) is 18.2 Å². The van der Waals surface area contributed by atoms with Crippen molar-refractivity contribution in [3.05, 3.63) is 35.9 Å². The molecule has 2 fully saturated rings. The quantitative estimate of drug-likeness (QED) is 0.819. The van der Waals surface area contributed by atoms with Gasteiger partial charge < -0.3 is 10.2 Å². The third-order valence-electron chi connectivity index (χ3n) is 4.80. The van der Waals surface area contributed by atoms with Crippen LogP contribution < -0.4 is 0 Å². The normalized spacial score (nSPS) is 23.4. The van der Waals surface area contributed by atoms with Crippen molar-refractivity contribution in [2.75, 3.05) is 0 Å². The van der Waals surface area contributed by atoms with Gasteiger partial charge >= 0.3 is 11.9 Å². The second-order valence-corrected chi connectivity index (χ2v) is 6.06. The van der Waals surface area contributed by atoms with Gasteiger partial charge in [0.2, 0.25) is 0 Å². The highest BCUT2D eigenvalue weighted by atomic mass is 16.4. The van der Waals surface area contributed by atoms with Crippen LogP contribution in [0.5, 0.6) is 0 Å². The number of rotatable bonds is 3. The van der Waals surface area contributed by atoms with Crippen LogP contribution in [0.15, 0.2) is 30.3 Å². The van der Waals surface area contributed by atoms with E-state index in [4.69, 9.17) is 10.2 Å². The SMILES string of the molecule is O=C(O)C1(C(=O)O)CC2(CC(c3ccccc3)C2)C1. The zero-order valence-electron chi connectivity index (χ0n) is 10.5. The number of benzene rings is 1. The fourth-order valence-electron chi connectivity index (χ4n) is 3.86. The average Bonchev–Trinajstić information content (AvgIpc) is 2.26. The molecule has 0 aromatic heterocycles. The lowest BCUT2D eigenvalue weighted by atomic mass is 9.42. The molecule has 1 spiro atoms. The van der Waals surface area contributed by atoms with E-state index < -0.39 is 17.4 Å². The molecule has 2 aliphatic rings. The highest BCUT2D eigenvalue weighted by Gasteiger charge is 2.67. The van der Waals surface area contributed by atoms with E-state index in [9.17, 15) is 9.59 Å². The van der Waals surface area contributed by atoms with Crippen molar-refractivity contribution >= 4 is 11.9 Å². The van der Waals surface area contributed by atoms with E-state index in [2.05, 4.69) is 12.1 Å². The van der Waals surface area contributed by atoms with Gasteiger partial charge in [-0.1, -0.05) is 30.3 Å². The number of carbonyl (C=O) groups is 2. The first kappa shape index (κ1) is 12.2. The Labute approximate surface area is 111 Å². The number of carboxylic acid groups (broad SMARTS) is 2. The van der Waals surface area contributed by atoms with Gasteiger partial charge in [0.15, 0.2) is 5.41 Å². The van der Waals surface area contributed by atoms with E-state index in [-0.39, 0.29) is 18.3 Å². The third-order valence-corrected chi connectivity index (χ3v) is 4.80. The van der Waals surface area contributed by atoms with Crippen LogP contribution in [0.25, 0.3) is 0 Å². The van der Waals surface area contributed by atoms with Gasteiger partial charge in [-0.3, -0.25) is 9.59 Å². The first-order chi connectivity index (χ1) is 8.97. The summed E-state index contributed by atoms with van der Waals surface area (Å²) in [6, 6.07) is 10.1. The molecule has 4 nitrogen and oxygen atoms in total. The van der Waals surface area contributed by atoms with E-state index in [0.717, 1.165) is 12.8 Å². The van der Waals surface area contributed by atoms with E-state index in [0.29, 0.717) is 5.92 Å². The minimum atomic E-state index is -1.53. The molecule has 1 aromatic rings. The van der Waals surface area contributed by atoms with Crippen LogP contribution in [-0.4, -0.2) is 22.2 Å². The molecule has 2 aliphatic carbocycles. The number of aliphatic carboxylic acids is 2. The molecule has 1 aromatic carbocycles. The topological polar surface area (TPSA) is 74.6 Å². The molecular formula is C15H16O4. The van der Waals surface area contributed by atoms with Crippen molar-refractivity contribution in [2.45, 2.75) is 31.6 Å². The van der Waals surface area contributed by atoms with Crippen LogP contribution >= 0.6 is 0 Å². The molecule has 0 unspecified atom stereocenters.